The highest BCUT2D eigenvalue weighted by atomic mass is 16.2. The van der Waals surface area contributed by atoms with Crippen LogP contribution < -0.4 is 10.6 Å². The average molecular weight is 281 g/mol. The van der Waals surface area contributed by atoms with Gasteiger partial charge in [0.25, 0.3) is 0 Å². The summed E-state index contributed by atoms with van der Waals surface area (Å²) in [5.74, 6) is 1.42. The second-order valence-electron chi connectivity index (χ2n) is 6.11. The maximum absolute atomic E-state index is 12.1. The van der Waals surface area contributed by atoms with Gasteiger partial charge >= 0.3 is 6.03 Å². The first kappa shape index (κ1) is 15.3. The maximum atomic E-state index is 12.1. The van der Waals surface area contributed by atoms with Crippen LogP contribution in [0.1, 0.15) is 46.0 Å². The Kier molecular flexibility index (Phi) is 5.40. The molecule has 5 heteroatoms. The molecule has 0 radical (unpaired) electrons. The molecule has 2 aliphatic rings. The molecule has 114 valence electrons. The number of nitrogens with zero attached hydrogens (tertiary/aromatic N) is 1. The van der Waals surface area contributed by atoms with Crippen LogP contribution in [0.15, 0.2) is 0 Å². The van der Waals surface area contributed by atoms with Gasteiger partial charge in [0, 0.05) is 13.1 Å². The predicted octanol–water partition coefficient (Wildman–Crippen LogP) is 1.73. The van der Waals surface area contributed by atoms with Gasteiger partial charge in [-0.2, -0.15) is 0 Å². The van der Waals surface area contributed by atoms with Gasteiger partial charge in [0.2, 0.25) is 5.91 Å². The standard InChI is InChI=1S/C15H27N3O2/c1-3-16-15(20)17-14(19)11(2)18-9-8-12-6-4-5-7-13(12)10-18/h11-13H,3-10H2,1-2H3,(H2,16,17,19,20)/t11-,12-,13-/m0/s1. The molecule has 0 aromatic carbocycles. The smallest absolute Gasteiger partial charge is 0.321 e. The summed E-state index contributed by atoms with van der Waals surface area (Å²) in [7, 11) is 0. The van der Waals surface area contributed by atoms with E-state index in [-0.39, 0.29) is 11.9 Å². The number of amides is 3. The highest BCUT2D eigenvalue weighted by molar-refractivity contribution is 5.96. The van der Waals surface area contributed by atoms with Crippen LogP contribution in [0.3, 0.4) is 0 Å². The summed E-state index contributed by atoms with van der Waals surface area (Å²) in [5.41, 5.74) is 0. The molecule has 0 aromatic heterocycles. The quantitative estimate of drug-likeness (QED) is 0.828. The molecule has 0 spiro atoms. The number of urea groups is 1. The number of hydrogen-bond donors (Lipinski definition) is 2. The second kappa shape index (κ2) is 7.07. The first-order valence-electron chi connectivity index (χ1n) is 7.94. The Hall–Kier alpha value is -1.10. The van der Waals surface area contributed by atoms with Gasteiger partial charge in [-0.15, -0.1) is 0 Å². The molecule has 3 amide bonds. The molecule has 5 nitrogen and oxygen atoms in total. The molecule has 0 unspecified atom stereocenters. The van der Waals surface area contributed by atoms with Crippen LogP contribution in [0.4, 0.5) is 4.79 Å². The number of carbonyl (C=O) groups is 2. The third kappa shape index (κ3) is 3.72. The number of nitrogens with one attached hydrogen (secondary N) is 2. The Bertz CT molecular complexity index is 359. The van der Waals surface area contributed by atoms with Gasteiger partial charge < -0.3 is 5.32 Å². The van der Waals surface area contributed by atoms with E-state index in [1.54, 1.807) is 0 Å². The van der Waals surface area contributed by atoms with Crippen molar-refractivity contribution in [1.29, 1.82) is 0 Å². The predicted molar refractivity (Wildman–Crippen MR) is 78.3 cm³/mol. The topological polar surface area (TPSA) is 61.4 Å². The summed E-state index contributed by atoms with van der Waals surface area (Å²) in [6.07, 6.45) is 6.55. The fourth-order valence-electron chi connectivity index (χ4n) is 3.57. The van der Waals surface area contributed by atoms with E-state index in [4.69, 9.17) is 0 Å². The third-order valence-corrected chi connectivity index (χ3v) is 4.82. The van der Waals surface area contributed by atoms with E-state index in [9.17, 15) is 9.59 Å². The normalized spacial score (nSPS) is 28.3. The van der Waals surface area contributed by atoms with Crippen LogP contribution in [-0.4, -0.2) is 42.5 Å². The number of fused-ring (bicyclic) bond motifs is 1. The average Bonchev–Trinajstić information content (AvgIpc) is 2.46. The SMILES string of the molecule is CCNC(=O)NC(=O)[C@H](C)N1CC[C@@H]2CCCC[C@H]2C1. The molecule has 2 fully saturated rings. The fourth-order valence-corrected chi connectivity index (χ4v) is 3.57. The van der Waals surface area contributed by atoms with Crippen LogP contribution in [0, 0.1) is 11.8 Å². The van der Waals surface area contributed by atoms with Gasteiger partial charge in [-0.1, -0.05) is 19.3 Å². The molecule has 1 heterocycles. The van der Waals surface area contributed by atoms with Crippen molar-refractivity contribution in [2.24, 2.45) is 11.8 Å². The first-order chi connectivity index (χ1) is 9.61. The third-order valence-electron chi connectivity index (χ3n) is 4.82. The minimum atomic E-state index is -0.392. The van der Waals surface area contributed by atoms with Crippen molar-refractivity contribution in [2.75, 3.05) is 19.6 Å². The lowest BCUT2D eigenvalue weighted by Gasteiger charge is -2.43. The molecule has 2 rings (SSSR count). The molecule has 1 saturated heterocycles. The van der Waals surface area contributed by atoms with Crippen molar-refractivity contribution in [3.05, 3.63) is 0 Å². The minimum absolute atomic E-state index is 0.190. The summed E-state index contributed by atoms with van der Waals surface area (Å²) in [4.78, 5) is 25.7. The molecule has 1 saturated carbocycles. The number of rotatable bonds is 3. The molecular formula is C15H27N3O2. The zero-order valence-corrected chi connectivity index (χ0v) is 12.7. The summed E-state index contributed by atoms with van der Waals surface area (Å²) in [5, 5.41) is 5.01. The molecule has 20 heavy (non-hydrogen) atoms. The van der Waals surface area contributed by atoms with Crippen LogP contribution in [-0.2, 0) is 4.79 Å². The molecule has 2 N–H and O–H groups in total. The van der Waals surface area contributed by atoms with E-state index >= 15 is 0 Å². The molecule has 3 atom stereocenters. The first-order valence-corrected chi connectivity index (χ1v) is 7.94. The lowest BCUT2D eigenvalue weighted by molar-refractivity contribution is -0.126. The zero-order chi connectivity index (χ0) is 14.5. The Morgan fingerprint density at radius 3 is 2.60 bits per heavy atom. The Morgan fingerprint density at radius 1 is 1.20 bits per heavy atom. The largest absolute Gasteiger partial charge is 0.338 e. The van der Waals surface area contributed by atoms with Gasteiger partial charge in [-0.3, -0.25) is 15.0 Å². The van der Waals surface area contributed by atoms with Crippen molar-refractivity contribution in [3.8, 4) is 0 Å². The molecule has 0 bridgehead atoms. The summed E-state index contributed by atoms with van der Waals surface area (Å²) in [6.45, 7) is 6.25. The highest BCUT2D eigenvalue weighted by Crippen LogP contribution is 2.36. The summed E-state index contributed by atoms with van der Waals surface area (Å²) < 4.78 is 0. The maximum Gasteiger partial charge on any atom is 0.321 e. The van der Waals surface area contributed by atoms with Crippen molar-refractivity contribution < 1.29 is 9.59 Å². The lowest BCUT2D eigenvalue weighted by atomic mass is 9.75. The lowest BCUT2D eigenvalue weighted by Crippen LogP contribution is -2.53. The number of imide groups is 1. The van der Waals surface area contributed by atoms with Crippen LogP contribution >= 0.6 is 0 Å². The monoisotopic (exact) mass is 281 g/mol. The van der Waals surface area contributed by atoms with Crippen molar-refractivity contribution in [1.82, 2.24) is 15.5 Å². The minimum Gasteiger partial charge on any atom is -0.338 e. The molecule has 1 aliphatic carbocycles. The summed E-state index contributed by atoms with van der Waals surface area (Å²) >= 11 is 0. The second-order valence-corrected chi connectivity index (χ2v) is 6.11. The van der Waals surface area contributed by atoms with E-state index in [0.717, 1.165) is 24.9 Å². The van der Waals surface area contributed by atoms with E-state index in [1.807, 2.05) is 13.8 Å². The van der Waals surface area contributed by atoms with Gasteiger partial charge in [-0.25, -0.2) is 4.79 Å². The summed E-state index contributed by atoms with van der Waals surface area (Å²) in [6, 6.07) is -0.614. The Balaban J connectivity index is 1.84. The molecule has 1 aliphatic heterocycles. The zero-order valence-electron chi connectivity index (χ0n) is 12.7. The van der Waals surface area contributed by atoms with Crippen LogP contribution in [0.2, 0.25) is 0 Å². The molecular weight excluding hydrogens is 254 g/mol. The van der Waals surface area contributed by atoms with Crippen molar-refractivity contribution in [3.63, 3.8) is 0 Å². The van der Waals surface area contributed by atoms with Crippen LogP contribution in [0.5, 0.6) is 0 Å². The van der Waals surface area contributed by atoms with Gasteiger partial charge in [0.05, 0.1) is 6.04 Å². The number of likely N-dealkylation sites (tertiary alicyclic amines) is 1. The van der Waals surface area contributed by atoms with Gasteiger partial charge in [0.15, 0.2) is 0 Å². The van der Waals surface area contributed by atoms with Crippen LogP contribution in [0.25, 0.3) is 0 Å². The Morgan fingerprint density at radius 2 is 1.90 bits per heavy atom. The van der Waals surface area contributed by atoms with Crippen molar-refractivity contribution in [2.45, 2.75) is 52.0 Å². The highest BCUT2D eigenvalue weighted by Gasteiger charge is 2.34. The molecule has 0 aromatic rings. The van der Waals surface area contributed by atoms with Crippen molar-refractivity contribution >= 4 is 11.9 Å². The van der Waals surface area contributed by atoms with Gasteiger partial charge in [-0.05, 0) is 45.1 Å². The number of carbonyl (C=O) groups excluding carboxylic acids is 2. The fraction of sp³-hybridized carbons (Fsp3) is 0.867. The number of piperidine rings is 1. The van der Waals surface area contributed by atoms with Gasteiger partial charge in [0.1, 0.15) is 0 Å². The van der Waals surface area contributed by atoms with E-state index in [1.165, 1.54) is 32.1 Å². The van der Waals surface area contributed by atoms with E-state index in [0.29, 0.717) is 6.54 Å². The number of hydrogen-bond acceptors (Lipinski definition) is 3. The van der Waals surface area contributed by atoms with E-state index in [2.05, 4.69) is 15.5 Å². The Labute approximate surface area is 121 Å². The van der Waals surface area contributed by atoms with E-state index < -0.39 is 6.03 Å².